The summed E-state index contributed by atoms with van der Waals surface area (Å²) >= 11 is 0. The lowest BCUT2D eigenvalue weighted by Gasteiger charge is -2.45. The third-order valence-corrected chi connectivity index (χ3v) is 5.15. The van der Waals surface area contributed by atoms with E-state index >= 15 is 0 Å². The molecule has 2 N–H and O–H groups in total. The van der Waals surface area contributed by atoms with E-state index in [4.69, 9.17) is 9.26 Å². The van der Waals surface area contributed by atoms with Crippen molar-refractivity contribution in [1.82, 2.24) is 15.0 Å². The first-order valence-corrected chi connectivity index (χ1v) is 9.11. The first-order chi connectivity index (χ1) is 13.0. The normalized spacial score (nSPS) is 23.6. The number of piperidine rings is 1. The van der Waals surface area contributed by atoms with E-state index in [1.54, 1.807) is 19.2 Å². The number of likely N-dealkylation sites (tertiary alicyclic amines) is 1. The van der Waals surface area contributed by atoms with E-state index in [1.807, 2.05) is 0 Å². The zero-order valence-corrected chi connectivity index (χ0v) is 15.5. The molecule has 1 aromatic carbocycles. The number of hydrogen-bond acceptors (Lipinski definition) is 7. The molecule has 148 valence electrons. The number of aliphatic hydroxyl groups is 2. The molecule has 1 aliphatic heterocycles. The molecule has 0 saturated carbocycles. The largest absolute Gasteiger partial charge is 0.396 e. The van der Waals surface area contributed by atoms with Crippen molar-refractivity contribution >= 4 is 0 Å². The van der Waals surface area contributed by atoms with Crippen molar-refractivity contribution in [3.05, 3.63) is 47.4 Å². The van der Waals surface area contributed by atoms with Gasteiger partial charge in [0.25, 0.3) is 0 Å². The average Bonchev–Trinajstić information content (AvgIpc) is 3.12. The van der Waals surface area contributed by atoms with Crippen molar-refractivity contribution in [2.45, 2.75) is 31.9 Å². The topological polar surface area (TPSA) is 91.9 Å². The number of rotatable bonds is 8. The van der Waals surface area contributed by atoms with E-state index < -0.39 is 11.5 Å². The standard InChI is InChI=1S/C19H26FN3O4/c1-26-9-7-17-21-18(27-22-17)11-23-8-6-16(25)19(12-23,13-24)10-14-2-4-15(20)5-3-14/h2-5,16,24-25H,6-13H2,1H3/t16-,19-/m0/s1. The van der Waals surface area contributed by atoms with Crippen LogP contribution in [0.5, 0.6) is 0 Å². The predicted octanol–water partition coefficient (Wildman–Crippen LogP) is 1.19. The van der Waals surface area contributed by atoms with Gasteiger partial charge in [-0.05, 0) is 30.5 Å². The molecule has 1 aliphatic rings. The Morgan fingerprint density at radius 3 is 2.85 bits per heavy atom. The number of ether oxygens (including phenoxy) is 1. The summed E-state index contributed by atoms with van der Waals surface area (Å²) in [7, 11) is 1.62. The zero-order chi connectivity index (χ0) is 19.3. The molecule has 0 bridgehead atoms. The fourth-order valence-corrected chi connectivity index (χ4v) is 3.61. The van der Waals surface area contributed by atoms with Gasteiger partial charge >= 0.3 is 0 Å². The third kappa shape index (κ3) is 4.90. The maximum atomic E-state index is 13.2. The summed E-state index contributed by atoms with van der Waals surface area (Å²) in [6.45, 7) is 1.98. The highest BCUT2D eigenvalue weighted by Crippen LogP contribution is 2.34. The lowest BCUT2D eigenvalue weighted by molar-refractivity contribution is -0.0784. The fraction of sp³-hybridized carbons (Fsp3) is 0.579. The van der Waals surface area contributed by atoms with Crippen molar-refractivity contribution in [2.75, 3.05) is 33.4 Å². The molecule has 1 saturated heterocycles. The van der Waals surface area contributed by atoms with Crippen LogP contribution in [0.3, 0.4) is 0 Å². The van der Waals surface area contributed by atoms with Crippen LogP contribution in [0.25, 0.3) is 0 Å². The molecule has 2 atom stereocenters. The SMILES string of the molecule is COCCc1noc(CN2CC[C@H](O)[C@@](CO)(Cc3ccc(F)cc3)C2)n1. The summed E-state index contributed by atoms with van der Waals surface area (Å²) in [5, 5.41) is 24.6. The molecule has 0 unspecified atom stereocenters. The number of methoxy groups -OCH3 is 1. The molecule has 1 fully saturated rings. The van der Waals surface area contributed by atoms with Gasteiger partial charge < -0.3 is 19.5 Å². The molecule has 2 heterocycles. The molecule has 8 heteroatoms. The maximum Gasteiger partial charge on any atom is 0.240 e. The van der Waals surface area contributed by atoms with Gasteiger partial charge in [-0.2, -0.15) is 4.98 Å². The second-order valence-electron chi connectivity index (χ2n) is 7.19. The molecule has 0 spiro atoms. The number of aromatic nitrogens is 2. The van der Waals surface area contributed by atoms with E-state index in [2.05, 4.69) is 15.0 Å². The number of aliphatic hydroxyl groups excluding tert-OH is 2. The van der Waals surface area contributed by atoms with Crippen LogP contribution in [-0.2, 0) is 24.1 Å². The number of nitrogens with zero attached hydrogens (tertiary/aromatic N) is 3. The van der Waals surface area contributed by atoms with Crippen LogP contribution in [-0.4, -0.2) is 64.8 Å². The summed E-state index contributed by atoms with van der Waals surface area (Å²) in [5.41, 5.74) is 0.167. The molecule has 0 aliphatic carbocycles. The smallest absolute Gasteiger partial charge is 0.240 e. The van der Waals surface area contributed by atoms with Gasteiger partial charge in [-0.1, -0.05) is 17.3 Å². The molecular weight excluding hydrogens is 353 g/mol. The van der Waals surface area contributed by atoms with Gasteiger partial charge in [0.15, 0.2) is 5.82 Å². The third-order valence-electron chi connectivity index (χ3n) is 5.15. The highest BCUT2D eigenvalue weighted by Gasteiger charge is 2.42. The Labute approximate surface area is 157 Å². The van der Waals surface area contributed by atoms with Crippen LogP contribution in [0.4, 0.5) is 4.39 Å². The van der Waals surface area contributed by atoms with Gasteiger partial charge in [0, 0.05) is 32.0 Å². The molecule has 1 aromatic heterocycles. The lowest BCUT2D eigenvalue weighted by atomic mass is 9.73. The summed E-state index contributed by atoms with van der Waals surface area (Å²) < 4.78 is 23.5. The first kappa shape index (κ1) is 19.9. The van der Waals surface area contributed by atoms with Crippen LogP contribution in [0.2, 0.25) is 0 Å². The second-order valence-corrected chi connectivity index (χ2v) is 7.19. The number of benzene rings is 1. The van der Waals surface area contributed by atoms with Gasteiger partial charge in [0.1, 0.15) is 5.82 Å². The lowest BCUT2D eigenvalue weighted by Crippen LogP contribution is -2.54. The molecule has 3 rings (SSSR count). The maximum absolute atomic E-state index is 13.2. The Balaban J connectivity index is 1.68. The quantitative estimate of drug-likeness (QED) is 0.712. The Morgan fingerprint density at radius 2 is 2.15 bits per heavy atom. The number of halogens is 1. The minimum Gasteiger partial charge on any atom is -0.396 e. The minimum atomic E-state index is -0.713. The van der Waals surface area contributed by atoms with Crippen LogP contribution in [0.1, 0.15) is 23.7 Å². The monoisotopic (exact) mass is 379 g/mol. The Morgan fingerprint density at radius 1 is 1.37 bits per heavy atom. The summed E-state index contributed by atoms with van der Waals surface area (Å²) in [6.07, 6.45) is 0.949. The van der Waals surface area contributed by atoms with Gasteiger partial charge in [-0.3, -0.25) is 4.90 Å². The molecule has 7 nitrogen and oxygen atoms in total. The van der Waals surface area contributed by atoms with E-state index in [0.717, 1.165) is 5.56 Å². The van der Waals surface area contributed by atoms with Gasteiger partial charge in [-0.25, -0.2) is 4.39 Å². The van der Waals surface area contributed by atoms with E-state index in [1.165, 1.54) is 12.1 Å². The van der Waals surface area contributed by atoms with Crippen molar-refractivity contribution in [2.24, 2.45) is 5.41 Å². The van der Waals surface area contributed by atoms with Crippen molar-refractivity contribution in [3.63, 3.8) is 0 Å². The summed E-state index contributed by atoms with van der Waals surface area (Å²) in [5.74, 6) is 0.804. The summed E-state index contributed by atoms with van der Waals surface area (Å²) in [6, 6.07) is 6.18. The Hall–Kier alpha value is -1.87. The van der Waals surface area contributed by atoms with Crippen LogP contribution in [0, 0.1) is 11.2 Å². The minimum absolute atomic E-state index is 0.162. The first-order valence-electron chi connectivity index (χ1n) is 9.11. The van der Waals surface area contributed by atoms with Crippen molar-refractivity contribution < 1.29 is 23.9 Å². The molecule has 2 aromatic rings. The van der Waals surface area contributed by atoms with Crippen molar-refractivity contribution in [1.29, 1.82) is 0 Å². The van der Waals surface area contributed by atoms with Gasteiger partial charge in [0.2, 0.25) is 5.89 Å². The predicted molar refractivity (Wildman–Crippen MR) is 95.4 cm³/mol. The highest BCUT2D eigenvalue weighted by molar-refractivity contribution is 5.19. The molecule has 0 amide bonds. The second kappa shape index (κ2) is 8.88. The van der Waals surface area contributed by atoms with Crippen LogP contribution >= 0.6 is 0 Å². The van der Waals surface area contributed by atoms with E-state index in [9.17, 15) is 14.6 Å². The van der Waals surface area contributed by atoms with E-state index in [-0.39, 0.29) is 12.4 Å². The molecule has 27 heavy (non-hydrogen) atoms. The highest BCUT2D eigenvalue weighted by atomic mass is 19.1. The number of hydrogen-bond donors (Lipinski definition) is 2. The Kier molecular flexibility index (Phi) is 6.54. The Bertz CT molecular complexity index is 724. The van der Waals surface area contributed by atoms with Crippen LogP contribution in [0.15, 0.2) is 28.8 Å². The van der Waals surface area contributed by atoms with Gasteiger partial charge in [-0.15, -0.1) is 0 Å². The zero-order valence-electron chi connectivity index (χ0n) is 15.5. The summed E-state index contributed by atoms with van der Waals surface area (Å²) in [4.78, 5) is 6.46. The van der Waals surface area contributed by atoms with E-state index in [0.29, 0.717) is 57.2 Å². The van der Waals surface area contributed by atoms with Crippen molar-refractivity contribution in [3.8, 4) is 0 Å². The molecular formula is C19H26FN3O4. The molecule has 0 radical (unpaired) electrons. The van der Waals surface area contributed by atoms with Gasteiger partial charge in [0.05, 0.1) is 25.9 Å². The van der Waals surface area contributed by atoms with Crippen LogP contribution < -0.4 is 0 Å². The average molecular weight is 379 g/mol. The fourth-order valence-electron chi connectivity index (χ4n) is 3.61.